The Hall–Kier alpha value is -1.63. The van der Waals surface area contributed by atoms with Gasteiger partial charge in [0, 0.05) is 26.0 Å². The van der Waals surface area contributed by atoms with Crippen LogP contribution in [-0.4, -0.2) is 40.8 Å². The number of nitrogens with one attached hydrogen (secondary N) is 3. The van der Waals surface area contributed by atoms with Crippen molar-refractivity contribution in [2.45, 2.75) is 31.8 Å². The topological polar surface area (TPSA) is 99.9 Å². The summed E-state index contributed by atoms with van der Waals surface area (Å²) in [5.41, 5.74) is -0.315. The molecule has 7 nitrogen and oxygen atoms in total. The normalized spacial score (nSPS) is 31.6. The Morgan fingerprint density at radius 3 is 3.00 bits per heavy atom. The number of carbonyl (C=O) groups excluding carboxylic acids is 1. The molecule has 2 unspecified atom stereocenters. The molecule has 2 aliphatic rings. The van der Waals surface area contributed by atoms with Gasteiger partial charge in [-0.15, -0.1) is 0 Å². The van der Waals surface area contributed by atoms with E-state index in [9.17, 15) is 9.59 Å². The summed E-state index contributed by atoms with van der Waals surface area (Å²) in [6.07, 6.45) is 3.90. The van der Waals surface area contributed by atoms with E-state index in [4.69, 9.17) is 4.74 Å². The highest BCUT2D eigenvalue weighted by molar-refractivity contribution is 5.79. The molecule has 0 spiro atoms. The number of aromatic nitrogens is 3. The first-order valence-corrected chi connectivity index (χ1v) is 7.11. The number of hydrogen-bond donors (Lipinski definition) is 3. The zero-order valence-corrected chi connectivity index (χ0v) is 11.5. The number of rotatable bonds is 5. The van der Waals surface area contributed by atoms with Gasteiger partial charge in [0.15, 0.2) is 0 Å². The third-order valence-electron chi connectivity index (χ3n) is 4.65. The molecule has 7 heteroatoms. The molecular weight excluding hydrogens is 260 g/mol. The molecule has 2 fully saturated rings. The molecule has 0 aliphatic heterocycles. The van der Waals surface area contributed by atoms with Crippen molar-refractivity contribution in [2.75, 3.05) is 13.7 Å². The number of H-pyrrole nitrogens is 2. The number of ether oxygens (including phenoxy) is 1. The fourth-order valence-electron chi connectivity index (χ4n) is 3.52. The van der Waals surface area contributed by atoms with Gasteiger partial charge in [0.25, 0.3) is 0 Å². The average molecular weight is 280 g/mol. The minimum Gasteiger partial charge on any atom is -0.381 e. The second-order valence-electron chi connectivity index (χ2n) is 5.77. The zero-order valence-electron chi connectivity index (χ0n) is 11.5. The standard InChI is InChI=1S/C13H20N4O3/c1-20-10-6-7-4-8(5-9(7)10)12(18)14-3-2-11-15-13(19)17-16-11/h7-10H,2-6H2,1H3,(H,14,18)(H2,15,16,17,19)/t7-,8?,9-,10?/m0/s1. The molecule has 110 valence electrons. The second kappa shape index (κ2) is 5.40. The minimum absolute atomic E-state index is 0.114. The summed E-state index contributed by atoms with van der Waals surface area (Å²) in [6, 6.07) is 0. The Morgan fingerprint density at radius 1 is 1.45 bits per heavy atom. The zero-order chi connectivity index (χ0) is 14.1. The fraction of sp³-hybridized carbons (Fsp3) is 0.769. The van der Waals surface area contributed by atoms with E-state index in [1.807, 2.05) is 0 Å². The van der Waals surface area contributed by atoms with Crippen molar-refractivity contribution in [3.05, 3.63) is 16.3 Å². The predicted molar refractivity (Wildman–Crippen MR) is 71.0 cm³/mol. The smallest absolute Gasteiger partial charge is 0.340 e. The molecule has 0 bridgehead atoms. The molecule has 20 heavy (non-hydrogen) atoms. The number of fused-ring (bicyclic) bond motifs is 1. The summed E-state index contributed by atoms with van der Waals surface area (Å²) in [4.78, 5) is 25.5. The Kier molecular flexibility index (Phi) is 3.60. The van der Waals surface area contributed by atoms with Crippen molar-refractivity contribution in [1.29, 1.82) is 0 Å². The highest BCUT2D eigenvalue weighted by Gasteiger charge is 2.49. The van der Waals surface area contributed by atoms with Crippen molar-refractivity contribution in [2.24, 2.45) is 17.8 Å². The molecular formula is C13H20N4O3. The highest BCUT2D eigenvalue weighted by atomic mass is 16.5. The molecule has 0 aromatic carbocycles. The van der Waals surface area contributed by atoms with Gasteiger partial charge in [-0.05, 0) is 31.1 Å². The SMILES string of the molecule is COC1C[C@@H]2CC(C(=O)NCCc3n[nH]c(=O)[nH]3)C[C@H]12. The lowest BCUT2D eigenvalue weighted by Crippen LogP contribution is -2.38. The molecule has 1 heterocycles. The van der Waals surface area contributed by atoms with Gasteiger partial charge >= 0.3 is 5.69 Å². The lowest BCUT2D eigenvalue weighted by Gasteiger charge is -2.39. The third kappa shape index (κ3) is 2.49. The number of nitrogens with zero attached hydrogens (tertiary/aromatic N) is 1. The van der Waals surface area contributed by atoms with Gasteiger partial charge in [0.2, 0.25) is 5.91 Å². The maximum atomic E-state index is 12.1. The molecule has 2 saturated carbocycles. The van der Waals surface area contributed by atoms with Gasteiger partial charge < -0.3 is 10.1 Å². The third-order valence-corrected chi connectivity index (χ3v) is 4.65. The van der Waals surface area contributed by atoms with Crippen LogP contribution >= 0.6 is 0 Å². The molecule has 1 aromatic heterocycles. The summed E-state index contributed by atoms with van der Waals surface area (Å²) in [5, 5.41) is 9.04. The summed E-state index contributed by atoms with van der Waals surface area (Å²) in [7, 11) is 1.75. The number of aromatic amines is 2. The molecule has 4 atom stereocenters. The van der Waals surface area contributed by atoms with E-state index in [2.05, 4.69) is 20.5 Å². The number of carbonyl (C=O) groups is 1. The molecule has 3 N–H and O–H groups in total. The summed E-state index contributed by atoms with van der Waals surface area (Å²) >= 11 is 0. The summed E-state index contributed by atoms with van der Waals surface area (Å²) in [6.45, 7) is 0.499. The van der Waals surface area contributed by atoms with Crippen LogP contribution in [0.2, 0.25) is 0 Å². The summed E-state index contributed by atoms with van der Waals surface area (Å²) in [5.74, 6) is 2.04. The van der Waals surface area contributed by atoms with Crippen LogP contribution in [0.1, 0.15) is 25.1 Å². The lowest BCUT2D eigenvalue weighted by molar-refractivity contribution is -0.124. The van der Waals surface area contributed by atoms with Crippen LogP contribution in [0.5, 0.6) is 0 Å². The highest BCUT2D eigenvalue weighted by Crippen LogP contribution is 2.50. The first kappa shape index (κ1) is 13.4. The second-order valence-corrected chi connectivity index (χ2v) is 5.77. The molecule has 1 aromatic rings. The predicted octanol–water partition coefficient (Wildman–Crippen LogP) is -0.182. The molecule has 1 amide bonds. The van der Waals surface area contributed by atoms with Crippen LogP contribution in [0, 0.1) is 17.8 Å². The molecule has 0 saturated heterocycles. The van der Waals surface area contributed by atoms with E-state index in [1.54, 1.807) is 7.11 Å². The minimum atomic E-state index is -0.315. The monoisotopic (exact) mass is 280 g/mol. The van der Waals surface area contributed by atoms with Crippen molar-refractivity contribution in [3.63, 3.8) is 0 Å². The van der Waals surface area contributed by atoms with Crippen molar-refractivity contribution in [3.8, 4) is 0 Å². The quantitative estimate of drug-likeness (QED) is 0.696. The van der Waals surface area contributed by atoms with Gasteiger partial charge in [0.1, 0.15) is 5.82 Å². The van der Waals surface area contributed by atoms with Gasteiger partial charge in [-0.25, -0.2) is 9.89 Å². The van der Waals surface area contributed by atoms with E-state index in [-0.39, 0.29) is 17.5 Å². The number of hydrogen-bond acceptors (Lipinski definition) is 4. The Labute approximate surface area is 116 Å². The van der Waals surface area contributed by atoms with Crippen LogP contribution < -0.4 is 11.0 Å². The first-order chi connectivity index (χ1) is 9.67. The Balaban J connectivity index is 1.43. The van der Waals surface area contributed by atoms with E-state index < -0.39 is 0 Å². The molecule has 0 radical (unpaired) electrons. The van der Waals surface area contributed by atoms with E-state index in [1.165, 1.54) is 0 Å². The maximum Gasteiger partial charge on any atom is 0.340 e. The van der Waals surface area contributed by atoms with Crippen molar-refractivity contribution < 1.29 is 9.53 Å². The summed E-state index contributed by atoms with van der Waals surface area (Å²) < 4.78 is 5.39. The van der Waals surface area contributed by atoms with E-state index in [0.29, 0.717) is 36.7 Å². The average Bonchev–Trinajstić information content (AvgIpc) is 2.96. The maximum absolute atomic E-state index is 12.1. The van der Waals surface area contributed by atoms with Crippen LogP contribution in [0.3, 0.4) is 0 Å². The van der Waals surface area contributed by atoms with E-state index in [0.717, 1.165) is 19.3 Å². The van der Waals surface area contributed by atoms with Crippen LogP contribution in [0.25, 0.3) is 0 Å². The number of amides is 1. The van der Waals surface area contributed by atoms with Gasteiger partial charge in [-0.3, -0.25) is 9.78 Å². The largest absolute Gasteiger partial charge is 0.381 e. The van der Waals surface area contributed by atoms with Crippen LogP contribution in [-0.2, 0) is 16.0 Å². The van der Waals surface area contributed by atoms with Gasteiger partial charge in [-0.1, -0.05) is 0 Å². The number of methoxy groups -OCH3 is 1. The van der Waals surface area contributed by atoms with Crippen molar-refractivity contribution in [1.82, 2.24) is 20.5 Å². The van der Waals surface area contributed by atoms with Crippen molar-refractivity contribution >= 4 is 5.91 Å². The lowest BCUT2D eigenvalue weighted by atomic mass is 9.73. The Morgan fingerprint density at radius 2 is 2.30 bits per heavy atom. The Bertz CT molecular complexity index is 538. The van der Waals surface area contributed by atoms with Gasteiger partial charge in [0.05, 0.1) is 6.10 Å². The van der Waals surface area contributed by atoms with Gasteiger partial charge in [-0.2, -0.15) is 5.10 Å². The van der Waals surface area contributed by atoms with Crippen LogP contribution in [0.15, 0.2) is 4.79 Å². The van der Waals surface area contributed by atoms with Crippen LogP contribution in [0.4, 0.5) is 0 Å². The fourth-order valence-corrected chi connectivity index (χ4v) is 3.52. The molecule has 3 rings (SSSR count). The van der Waals surface area contributed by atoms with E-state index >= 15 is 0 Å². The first-order valence-electron chi connectivity index (χ1n) is 7.11. The molecule has 2 aliphatic carbocycles.